The van der Waals surface area contributed by atoms with Gasteiger partial charge in [0, 0.05) is 18.7 Å². The van der Waals surface area contributed by atoms with Crippen molar-refractivity contribution in [3.8, 4) is 5.75 Å². The van der Waals surface area contributed by atoms with Crippen LogP contribution in [0.5, 0.6) is 5.75 Å². The Balaban J connectivity index is 1.94. The molecule has 0 saturated carbocycles. The molecule has 0 spiro atoms. The Morgan fingerprint density at radius 1 is 1.10 bits per heavy atom. The first-order valence-corrected chi connectivity index (χ1v) is 10.3. The molecule has 2 aromatic rings. The van der Waals surface area contributed by atoms with E-state index in [4.69, 9.17) is 4.74 Å². The Morgan fingerprint density at radius 2 is 1.90 bits per heavy atom. The van der Waals surface area contributed by atoms with Crippen LogP contribution in [-0.4, -0.2) is 37.6 Å². The summed E-state index contributed by atoms with van der Waals surface area (Å²) in [5.74, 6) is 0.397. The summed E-state index contributed by atoms with van der Waals surface area (Å²) in [6.45, 7) is 8.10. The fourth-order valence-electron chi connectivity index (χ4n) is 2.70. The largest absolute Gasteiger partial charge is 0.486 e. The molecular formula is C23H31FN4O2. The van der Waals surface area contributed by atoms with Crippen molar-refractivity contribution in [3.05, 3.63) is 65.5 Å². The lowest BCUT2D eigenvalue weighted by atomic mass is 10.1. The third-order valence-corrected chi connectivity index (χ3v) is 4.21. The zero-order valence-corrected chi connectivity index (χ0v) is 17.9. The molecule has 2 rings (SSSR count). The second kappa shape index (κ2) is 12.5. The number of carbonyl (C=O) groups is 1. The number of halogens is 1. The molecule has 7 heteroatoms. The minimum Gasteiger partial charge on any atom is -0.486 e. The molecule has 0 saturated heterocycles. The van der Waals surface area contributed by atoms with E-state index in [1.807, 2.05) is 39.0 Å². The lowest BCUT2D eigenvalue weighted by molar-refractivity contribution is 0.0953. The fraction of sp³-hybridized carbons (Fsp3) is 0.391. The van der Waals surface area contributed by atoms with Gasteiger partial charge in [-0.25, -0.2) is 9.38 Å². The van der Waals surface area contributed by atoms with Gasteiger partial charge in [-0.1, -0.05) is 31.2 Å². The van der Waals surface area contributed by atoms with Gasteiger partial charge in [0.15, 0.2) is 17.5 Å². The molecule has 6 nitrogen and oxygen atoms in total. The number of hydrogen-bond donors (Lipinski definition) is 3. The normalized spacial score (nSPS) is 12.2. The van der Waals surface area contributed by atoms with Crippen molar-refractivity contribution in [1.82, 2.24) is 16.0 Å². The number of amides is 1. The zero-order valence-electron chi connectivity index (χ0n) is 17.9. The predicted molar refractivity (Wildman–Crippen MR) is 118 cm³/mol. The molecular weight excluding hydrogens is 383 g/mol. The van der Waals surface area contributed by atoms with Gasteiger partial charge in [-0.05, 0) is 50.1 Å². The molecule has 0 aliphatic heterocycles. The Hall–Kier alpha value is -3.09. The zero-order chi connectivity index (χ0) is 21.8. The van der Waals surface area contributed by atoms with Crippen LogP contribution in [0.15, 0.2) is 53.5 Å². The maximum Gasteiger partial charge on any atom is 0.251 e. The van der Waals surface area contributed by atoms with Gasteiger partial charge >= 0.3 is 0 Å². The number of aliphatic imine (C=N–C) groups is 1. The average Bonchev–Trinajstić information content (AvgIpc) is 2.75. The van der Waals surface area contributed by atoms with Crippen molar-refractivity contribution in [2.75, 3.05) is 19.6 Å². The van der Waals surface area contributed by atoms with E-state index in [0.717, 1.165) is 12.0 Å². The third-order valence-electron chi connectivity index (χ3n) is 4.21. The Bertz CT molecular complexity index is 841. The van der Waals surface area contributed by atoms with E-state index in [-0.39, 0.29) is 23.6 Å². The Kier molecular flexibility index (Phi) is 9.64. The Labute approximate surface area is 177 Å². The van der Waals surface area contributed by atoms with Crippen LogP contribution < -0.4 is 20.7 Å². The molecule has 1 amide bonds. The topological polar surface area (TPSA) is 74.8 Å². The monoisotopic (exact) mass is 414 g/mol. The van der Waals surface area contributed by atoms with Gasteiger partial charge in [-0.2, -0.15) is 0 Å². The number of ether oxygens (including phenoxy) is 1. The quantitative estimate of drug-likeness (QED) is 0.411. The summed E-state index contributed by atoms with van der Waals surface area (Å²) in [7, 11) is 0. The lowest BCUT2D eigenvalue weighted by Crippen LogP contribution is -2.41. The van der Waals surface area contributed by atoms with Gasteiger partial charge in [-0.3, -0.25) is 4.79 Å². The maximum atomic E-state index is 13.7. The molecule has 1 unspecified atom stereocenters. The molecule has 0 fully saturated rings. The number of benzene rings is 2. The van der Waals surface area contributed by atoms with Crippen LogP contribution in [0, 0.1) is 5.82 Å². The molecule has 162 valence electrons. The SMILES string of the molecule is CCCNC(=O)c1cccc(CN=C(NCC)NCC(C)Oc2ccccc2F)c1. The maximum absolute atomic E-state index is 13.7. The van der Waals surface area contributed by atoms with E-state index in [2.05, 4.69) is 20.9 Å². The molecule has 1 atom stereocenters. The van der Waals surface area contributed by atoms with Crippen LogP contribution in [0.2, 0.25) is 0 Å². The van der Waals surface area contributed by atoms with Crippen molar-refractivity contribution in [1.29, 1.82) is 0 Å². The second-order valence-corrected chi connectivity index (χ2v) is 6.89. The number of nitrogens with one attached hydrogen (secondary N) is 3. The van der Waals surface area contributed by atoms with E-state index < -0.39 is 0 Å². The van der Waals surface area contributed by atoms with Crippen LogP contribution in [0.25, 0.3) is 0 Å². The number of rotatable bonds is 10. The predicted octanol–water partition coefficient (Wildman–Crippen LogP) is 3.49. The number of guanidine groups is 1. The average molecular weight is 415 g/mol. The molecule has 30 heavy (non-hydrogen) atoms. The smallest absolute Gasteiger partial charge is 0.251 e. The van der Waals surface area contributed by atoms with Crippen LogP contribution in [0.1, 0.15) is 43.1 Å². The molecule has 0 aromatic heterocycles. The summed E-state index contributed by atoms with van der Waals surface area (Å²) in [5, 5.41) is 9.26. The van der Waals surface area contributed by atoms with E-state index in [1.54, 1.807) is 24.3 Å². The minimum absolute atomic E-state index is 0.0770. The molecule has 0 radical (unpaired) electrons. The first-order chi connectivity index (χ1) is 14.5. The number of nitrogens with zero attached hydrogens (tertiary/aromatic N) is 1. The van der Waals surface area contributed by atoms with Gasteiger partial charge in [0.1, 0.15) is 6.10 Å². The summed E-state index contributed by atoms with van der Waals surface area (Å²) in [6.07, 6.45) is 0.642. The molecule has 2 aromatic carbocycles. The van der Waals surface area contributed by atoms with Gasteiger partial charge in [0.05, 0.1) is 13.1 Å². The van der Waals surface area contributed by atoms with E-state index in [9.17, 15) is 9.18 Å². The summed E-state index contributed by atoms with van der Waals surface area (Å²) in [4.78, 5) is 16.7. The Morgan fingerprint density at radius 3 is 2.63 bits per heavy atom. The molecule has 0 aliphatic carbocycles. The highest BCUT2D eigenvalue weighted by molar-refractivity contribution is 5.94. The number of hydrogen-bond acceptors (Lipinski definition) is 3. The molecule has 3 N–H and O–H groups in total. The molecule has 0 heterocycles. The van der Waals surface area contributed by atoms with E-state index in [0.29, 0.717) is 37.7 Å². The van der Waals surface area contributed by atoms with E-state index in [1.165, 1.54) is 6.07 Å². The van der Waals surface area contributed by atoms with Crippen LogP contribution >= 0.6 is 0 Å². The lowest BCUT2D eigenvalue weighted by Gasteiger charge is -2.18. The number of para-hydroxylation sites is 1. The standard InChI is InChI=1S/C23H31FN4O2/c1-4-13-26-22(29)19-10-8-9-18(14-19)16-28-23(25-5-2)27-15-17(3)30-21-12-7-6-11-20(21)24/h6-12,14,17H,4-5,13,15-16H2,1-3H3,(H,26,29)(H2,25,27,28). The first-order valence-electron chi connectivity index (χ1n) is 10.3. The highest BCUT2D eigenvalue weighted by Gasteiger charge is 2.09. The van der Waals surface area contributed by atoms with Gasteiger partial charge in [0.2, 0.25) is 0 Å². The highest BCUT2D eigenvalue weighted by atomic mass is 19.1. The van der Waals surface area contributed by atoms with Crippen molar-refractivity contribution in [2.24, 2.45) is 4.99 Å². The van der Waals surface area contributed by atoms with Crippen LogP contribution in [0.4, 0.5) is 4.39 Å². The molecule has 0 bridgehead atoms. The van der Waals surface area contributed by atoms with E-state index >= 15 is 0 Å². The van der Waals surface area contributed by atoms with Gasteiger partial charge in [0.25, 0.3) is 5.91 Å². The molecule has 0 aliphatic rings. The first kappa shape index (κ1) is 23.2. The van der Waals surface area contributed by atoms with Crippen molar-refractivity contribution >= 4 is 11.9 Å². The third kappa shape index (κ3) is 7.73. The second-order valence-electron chi connectivity index (χ2n) is 6.89. The fourth-order valence-corrected chi connectivity index (χ4v) is 2.70. The summed E-state index contributed by atoms with van der Waals surface area (Å²) < 4.78 is 19.4. The van der Waals surface area contributed by atoms with Crippen molar-refractivity contribution in [3.63, 3.8) is 0 Å². The minimum atomic E-state index is -0.382. The summed E-state index contributed by atoms with van der Waals surface area (Å²) >= 11 is 0. The number of carbonyl (C=O) groups excluding carboxylic acids is 1. The van der Waals surface area contributed by atoms with Gasteiger partial charge in [-0.15, -0.1) is 0 Å². The van der Waals surface area contributed by atoms with Crippen LogP contribution in [-0.2, 0) is 6.54 Å². The summed E-state index contributed by atoms with van der Waals surface area (Å²) in [5.41, 5.74) is 1.56. The highest BCUT2D eigenvalue weighted by Crippen LogP contribution is 2.16. The van der Waals surface area contributed by atoms with Crippen molar-refractivity contribution in [2.45, 2.75) is 39.8 Å². The van der Waals surface area contributed by atoms with Crippen LogP contribution in [0.3, 0.4) is 0 Å². The van der Waals surface area contributed by atoms with Crippen molar-refractivity contribution < 1.29 is 13.9 Å². The summed E-state index contributed by atoms with van der Waals surface area (Å²) in [6, 6.07) is 13.8. The van der Waals surface area contributed by atoms with Gasteiger partial charge < -0.3 is 20.7 Å².